The van der Waals surface area contributed by atoms with Crippen LogP contribution in [-0.4, -0.2) is 17.5 Å². The third kappa shape index (κ3) is 983. The molecule has 0 aromatic heterocycles. The molecular weight excluding hydrogens is 166 g/mol. The summed E-state index contributed by atoms with van der Waals surface area (Å²) in [5.41, 5.74) is 0. The van der Waals surface area contributed by atoms with E-state index in [0.717, 1.165) is 0 Å². The minimum absolute atomic E-state index is 0. The molecule has 0 atom stereocenters. The molecule has 0 saturated carbocycles. The Kier molecular flexibility index (Phi) is 10.1. The molecule has 0 heterocycles. The van der Waals surface area contributed by atoms with E-state index in [4.69, 9.17) is 17.5 Å². The second-order valence-corrected chi connectivity index (χ2v) is 1.22. The minimum Gasteiger partial charge on any atom is -0.759 e. The second kappa shape index (κ2) is 4.51. The zero-order valence-electron chi connectivity index (χ0n) is 3.39. The van der Waals surface area contributed by atoms with Crippen LogP contribution in [0.5, 0.6) is 0 Å². The molecule has 0 saturated heterocycles. The summed E-state index contributed by atoms with van der Waals surface area (Å²) in [6, 6.07) is 0. The summed E-state index contributed by atoms with van der Waals surface area (Å²) < 4.78 is 34.1. The number of rotatable bonds is 0. The average Bonchev–Trinajstić information content (AvgIpc) is 0.722. The van der Waals surface area contributed by atoms with Crippen molar-refractivity contribution in [3.05, 3.63) is 0 Å². The van der Waals surface area contributed by atoms with Crippen molar-refractivity contribution in [2.24, 2.45) is 0 Å². The molecule has 0 spiro atoms. The van der Waals surface area contributed by atoms with Crippen LogP contribution < -0.4 is 6.15 Å². The van der Waals surface area contributed by atoms with E-state index < -0.39 is 10.4 Å². The van der Waals surface area contributed by atoms with Crippen molar-refractivity contribution in [2.75, 3.05) is 0 Å². The number of hydrogen-bond acceptors (Lipinski definition) is 4. The largest absolute Gasteiger partial charge is 2.00 e. The Bertz CT molecular complexity index is 94.9. The van der Waals surface area contributed by atoms with Crippen LogP contribution in [0.25, 0.3) is 0 Å². The van der Waals surface area contributed by atoms with Gasteiger partial charge in [0, 0.05) is 10.4 Å². The maximum atomic E-state index is 8.52. The van der Waals surface area contributed by atoms with Crippen LogP contribution in [0, 0.1) is 0 Å². The van der Waals surface area contributed by atoms with E-state index >= 15 is 0 Å². The summed E-state index contributed by atoms with van der Waals surface area (Å²) in [5, 5.41) is 0. The third-order valence-electron chi connectivity index (χ3n) is 0. The van der Waals surface area contributed by atoms with Gasteiger partial charge in [-0.3, -0.25) is 8.42 Å². The van der Waals surface area contributed by atoms with Crippen LogP contribution in [0.4, 0.5) is 0 Å². The van der Waals surface area contributed by atoms with Crippen molar-refractivity contribution < 1.29 is 34.6 Å². The number of quaternary nitrogens is 1. The Morgan fingerprint density at radius 1 is 1.14 bits per heavy atom. The van der Waals surface area contributed by atoms with Gasteiger partial charge >= 0.3 is 17.1 Å². The molecule has 0 aliphatic carbocycles. The molecule has 0 radical (unpaired) electrons. The smallest absolute Gasteiger partial charge is 0.759 e. The molecule has 0 aromatic carbocycles. The predicted molar refractivity (Wildman–Crippen MR) is 16.5 cm³/mol. The van der Waals surface area contributed by atoms with Gasteiger partial charge in [-0.05, 0) is 0 Å². The molecule has 0 fully saturated rings. The van der Waals surface area contributed by atoms with Gasteiger partial charge in [0.25, 0.3) is 0 Å². The molecule has 0 aliphatic heterocycles. The molecule has 46 valence electrons. The van der Waals surface area contributed by atoms with Crippen LogP contribution in [0.3, 0.4) is 0 Å². The standard InChI is InChI=1S/Fe.H3N.H2O4S/c;;1-5(2,3)4/h;1H3;(H2,1,2,3,4)/q+2;;/p-1. The summed E-state index contributed by atoms with van der Waals surface area (Å²) in [4.78, 5) is 0. The first kappa shape index (κ1) is 15.7. The van der Waals surface area contributed by atoms with Gasteiger partial charge in [-0.2, -0.15) is 0 Å². The van der Waals surface area contributed by atoms with Crippen LogP contribution in [0.1, 0.15) is 0 Å². The molecule has 7 heteroatoms. The molecule has 0 unspecified atom stereocenters. The Morgan fingerprint density at radius 3 is 1.14 bits per heavy atom. The van der Waals surface area contributed by atoms with Gasteiger partial charge in [0.05, 0.1) is 0 Å². The number of hydrogen-bond donors (Lipinski definition) is 1. The molecule has 0 aliphatic rings. The zero-order valence-corrected chi connectivity index (χ0v) is 5.32. The topological polar surface area (TPSA) is 117 Å². The molecule has 0 amide bonds. The average molecular weight is 170 g/mol. The van der Waals surface area contributed by atoms with E-state index in [1.54, 1.807) is 0 Å². The predicted octanol–water partition coefficient (Wildman–Crippen LogP) is -0.964. The molecule has 0 bridgehead atoms. The first-order valence-corrected chi connectivity index (χ1v) is 2.00. The Morgan fingerprint density at radius 2 is 1.14 bits per heavy atom. The van der Waals surface area contributed by atoms with Crippen molar-refractivity contribution >= 4 is 10.4 Å². The SMILES string of the molecule is O=S(=O)([O-])[O-].[Fe+2].[NH4+]. The van der Waals surface area contributed by atoms with E-state index in [-0.39, 0.29) is 23.2 Å². The molecule has 7 heavy (non-hydrogen) atoms. The molecule has 0 aromatic rings. The van der Waals surface area contributed by atoms with Gasteiger partial charge in [0.1, 0.15) is 0 Å². The zero-order chi connectivity index (χ0) is 4.50. The summed E-state index contributed by atoms with van der Waals surface area (Å²) in [6.45, 7) is 0. The van der Waals surface area contributed by atoms with Gasteiger partial charge in [0.2, 0.25) is 0 Å². The summed E-state index contributed by atoms with van der Waals surface area (Å²) in [5.74, 6) is 0. The summed E-state index contributed by atoms with van der Waals surface area (Å²) in [7, 11) is -5.17. The molecule has 0 rings (SSSR count). The fraction of sp³-hybridized carbons (Fsp3) is 0. The third-order valence-corrected chi connectivity index (χ3v) is 0. The van der Waals surface area contributed by atoms with Crippen molar-refractivity contribution in [2.45, 2.75) is 0 Å². The normalized spacial score (nSPS) is 8.29. The van der Waals surface area contributed by atoms with Gasteiger partial charge in [0.15, 0.2) is 0 Å². The van der Waals surface area contributed by atoms with Crippen molar-refractivity contribution in [3.63, 3.8) is 0 Å². The van der Waals surface area contributed by atoms with Crippen molar-refractivity contribution in [3.8, 4) is 0 Å². The Labute approximate surface area is 51.7 Å². The van der Waals surface area contributed by atoms with E-state index in [0.29, 0.717) is 0 Å². The minimum atomic E-state index is -5.17. The van der Waals surface area contributed by atoms with Gasteiger partial charge in [-0.1, -0.05) is 0 Å². The first-order valence-electron chi connectivity index (χ1n) is 0.667. The van der Waals surface area contributed by atoms with Crippen molar-refractivity contribution in [1.29, 1.82) is 0 Å². The summed E-state index contributed by atoms with van der Waals surface area (Å²) in [6.07, 6.45) is 0. The summed E-state index contributed by atoms with van der Waals surface area (Å²) >= 11 is 0. The van der Waals surface area contributed by atoms with E-state index in [9.17, 15) is 0 Å². The molecule has 5 nitrogen and oxygen atoms in total. The Hall–Kier alpha value is 0.349. The van der Waals surface area contributed by atoms with Gasteiger partial charge in [-0.25, -0.2) is 0 Å². The molecule has 4 N–H and O–H groups in total. The maximum Gasteiger partial charge on any atom is 2.00 e. The second-order valence-electron chi connectivity index (χ2n) is 0.408. The van der Waals surface area contributed by atoms with Crippen LogP contribution >= 0.6 is 0 Å². The van der Waals surface area contributed by atoms with E-state index in [1.165, 1.54) is 0 Å². The van der Waals surface area contributed by atoms with E-state index in [2.05, 4.69) is 0 Å². The fourth-order valence-corrected chi connectivity index (χ4v) is 0. The van der Waals surface area contributed by atoms with Crippen LogP contribution in [0.2, 0.25) is 0 Å². The fourth-order valence-electron chi connectivity index (χ4n) is 0. The van der Waals surface area contributed by atoms with Crippen molar-refractivity contribution in [1.82, 2.24) is 6.15 Å². The van der Waals surface area contributed by atoms with Gasteiger partial charge in [-0.15, -0.1) is 0 Å². The first-order chi connectivity index (χ1) is 2.00. The maximum absolute atomic E-state index is 8.52. The van der Waals surface area contributed by atoms with Crippen LogP contribution in [-0.2, 0) is 27.5 Å². The van der Waals surface area contributed by atoms with E-state index in [1.807, 2.05) is 0 Å². The monoisotopic (exact) mass is 170 g/mol. The quantitative estimate of drug-likeness (QED) is 0.286. The Balaban J connectivity index is -0.0000000800. The molecular formula is H4FeNO4S+. The van der Waals surface area contributed by atoms with Gasteiger partial charge < -0.3 is 15.3 Å². The van der Waals surface area contributed by atoms with Crippen LogP contribution in [0.15, 0.2) is 0 Å².